The van der Waals surface area contributed by atoms with Crippen LogP contribution in [0.4, 0.5) is 0 Å². The summed E-state index contributed by atoms with van der Waals surface area (Å²) in [6.45, 7) is 13.4. The second-order valence-electron chi connectivity index (χ2n) is 12.1. The fourth-order valence-electron chi connectivity index (χ4n) is 6.06. The van der Waals surface area contributed by atoms with Crippen molar-refractivity contribution in [2.45, 2.75) is 155 Å². The van der Waals surface area contributed by atoms with E-state index in [0.29, 0.717) is 22.6 Å². The van der Waals surface area contributed by atoms with Gasteiger partial charge in [-0.3, -0.25) is 9.59 Å². The number of hydrogen-bond acceptors (Lipinski definition) is 4. The average Bonchev–Trinajstić information content (AvgIpc) is 2.97. The number of ketones is 2. The summed E-state index contributed by atoms with van der Waals surface area (Å²) < 4.78 is 14.2. The van der Waals surface area contributed by atoms with E-state index < -0.39 is 16.6 Å². The van der Waals surface area contributed by atoms with Gasteiger partial charge in [0.2, 0.25) is 0 Å². The minimum atomic E-state index is -2.15. The van der Waals surface area contributed by atoms with Gasteiger partial charge in [-0.25, -0.2) is 0 Å². The molecule has 226 valence electrons. The van der Waals surface area contributed by atoms with E-state index in [2.05, 4.69) is 41.5 Å². The van der Waals surface area contributed by atoms with Crippen molar-refractivity contribution in [1.29, 1.82) is 0 Å². The van der Waals surface area contributed by atoms with E-state index in [1.54, 1.807) is 0 Å². The first-order chi connectivity index (χ1) is 19.3. The second-order valence-corrected chi connectivity index (χ2v) is 20.2. The summed E-state index contributed by atoms with van der Waals surface area (Å²) in [5, 5.41) is 0. The lowest BCUT2D eigenvalue weighted by molar-refractivity contribution is 0.0990. The molecule has 0 N–H and O–H groups in total. The fraction of sp³-hybridized carbons (Fsp3) is 0.706. The third kappa shape index (κ3) is 9.71. The highest BCUT2D eigenvalue weighted by atomic mass is 28.4. The fourth-order valence-corrected chi connectivity index (χ4v) is 15.4. The summed E-state index contributed by atoms with van der Waals surface area (Å²) in [5.74, 6) is 1.01. The summed E-state index contributed by atoms with van der Waals surface area (Å²) in [5.41, 5.74) is 0.909. The first kappa shape index (κ1) is 34.5. The molecule has 6 heteroatoms. The summed E-state index contributed by atoms with van der Waals surface area (Å²) in [6, 6.07) is 10.6. The molecule has 0 aromatic heterocycles. The van der Waals surface area contributed by atoms with Crippen LogP contribution < -0.4 is 8.85 Å². The van der Waals surface area contributed by atoms with Gasteiger partial charge in [0.1, 0.15) is 11.5 Å². The van der Waals surface area contributed by atoms with Crippen LogP contribution in [0.15, 0.2) is 24.3 Å². The zero-order valence-electron chi connectivity index (χ0n) is 26.7. The molecule has 0 saturated carbocycles. The van der Waals surface area contributed by atoms with Crippen LogP contribution >= 0.6 is 0 Å². The van der Waals surface area contributed by atoms with Crippen LogP contribution in [0.25, 0.3) is 0 Å². The summed E-state index contributed by atoms with van der Waals surface area (Å²) in [7, 11) is -4.29. The highest BCUT2D eigenvalue weighted by molar-refractivity contribution is 6.75. The van der Waals surface area contributed by atoms with Crippen LogP contribution in [0, 0.1) is 0 Å². The molecule has 1 aliphatic rings. The summed E-state index contributed by atoms with van der Waals surface area (Å²) in [4.78, 5) is 26.9. The monoisotopic (exact) mass is 586 g/mol. The van der Waals surface area contributed by atoms with E-state index in [0.717, 1.165) is 113 Å². The lowest BCUT2D eigenvalue weighted by atomic mass is 9.93. The first-order valence-electron chi connectivity index (χ1n) is 16.7. The largest absolute Gasteiger partial charge is 0.543 e. The Kier molecular flexibility index (Phi) is 15.5. The minimum Gasteiger partial charge on any atom is -0.543 e. The van der Waals surface area contributed by atoms with Crippen molar-refractivity contribution in [3.63, 3.8) is 0 Å². The number of benzene rings is 1. The van der Waals surface area contributed by atoms with Gasteiger partial charge in [0.25, 0.3) is 16.6 Å². The minimum absolute atomic E-state index is 0.123. The number of fused-ring (bicyclic) bond motifs is 1. The van der Waals surface area contributed by atoms with Crippen LogP contribution in [0.2, 0.25) is 36.3 Å². The van der Waals surface area contributed by atoms with Gasteiger partial charge in [-0.05, 0) is 60.5 Å². The van der Waals surface area contributed by atoms with Crippen molar-refractivity contribution in [3.05, 3.63) is 35.4 Å². The number of carbonyl (C=O) groups excluding carboxylic acids is 2. The van der Waals surface area contributed by atoms with E-state index in [-0.39, 0.29) is 11.6 Å². The zero-order valence-corrected chi connectivity index (χ0v) is 28.7. The van der Waals surface area contributed by atoms with Gasteiger partial charge in [0.05, 0.1) is 11.1 Å². The molecule has 0 aliphatic heterocycles. The maximum Gasteiger partial charge on any atom is 0.251 e. The molecule has 4 nitrogen and oxygen atoms in total. The molecule has 0 radical (unpaired) electrons. The standard InChI is InChI=1S/C34H58O4Si2/c1-7-13-23-39(24-14-8-2,25-15-9-3)37-31-21-22-32(34-30(36)20-19-29(35)33(31)34)38-40(26-16-10-4,27-17-11-5)28-18-12-6/h19-22H,7-18,23-28H2,1-6H3. The lowest BCUT2D eigenvalue weighted by Crippen LogP contribution is -2.43. The Labute approximate surface area is 248 Å². The van der Waals surface area contributed by atoms with E-state index in [1.807, 2.05) is 12.1 Å². The second kappa shape index (κ2) is 18.0. The zero-order chi connectivity index (χ0) is 29.4. The van der Waals surface area contributed by atoms with Gasteiger partial charge in [-0.2, -0.15) is 0 Å². The molecule has 0 bridgehead atoms. The maximum absolute atomic E-state index is 13.5. The molecule has 0 saturated heterocycles. The molecule has 0 atom stereocenters. The molecular weight excluding hydrogens is 529 g/mol. The van der Waals surface area contributed by atoms with E-state index in [1.165, 1.54) is 12.2 Å². The third-order valence-corrected chi connectivity index (χ3v) is 17.5. The van der Waals surface area contributed by atoms with Gasteiger partial charge >= 0.3 is 0 Å². The highest BCUT2D eigenvalue weighted by Crippen LogP contribution is 2.41. The number of hydrogen-bond donors (Lipinski definition) is 0. The summed E-state index contributed by atoms with van der Waals surface area (Å²) >= 11 is 0. The van der Waals surface area contributed by atoms with Crippen LogP contribution in [-0.2, 0) is 0 Å². The molecule has 0 spiro atoms. The van der Waals surface area contributed by atoms with Crippen LogP contribution in [0.3, 0.4) is 0 Å². The Morgan fingerprint density at radius 2 is 0.725 bits per heavy atom. The van der Waals surface area contributed by atoms with Gasteiger partial charge in [0, 0.05) is 0 Å². The molecule has 2 rings (SSSR count). The average molecular weight is 587 g/mol. The van der Waals surface area contributed by atoms with Gasteiger partial charge in [-0.1, -0.05) is 119 Å². The van der Waals surface area contributed by atoms with Gasteiger partial charge in [-0.15, -0.1) is 0 Å². The number of unbranched alkanes of at least 4 members (excludes halogenated alkanes) is 6. The molecule has 1 aliphatic carbocycles. The van der Waals surface area contributed by atoms with Crippen molar-refractivity contribution in [3.8, 4) is 11.5 Å². The van der Waals surface area contributed by atoms with Gasteiger partial charge in [0.15, 0.2) is 11.6 Å². The smallest absolute Gasteiger partial charge is 0.251 e. The topological polar surface area (TPSA) is 52.6 Å². The van der Waals surface area contributed by atoms with Crippen molar-refractivity contribution < 1.29 is 18.4 Å². The molecule has 0 fully saturated rings. The normalized spacial score (nSPS) is 13.6. The lowest BCUT2D eigenvalue weighted by Gasteiger charge is -2.36. The quantitative estimate of drug-likeness (QED) is 0.127. The maximum atomic E-state index is 13.5. The van der Waals surface area contributed by atoms with E-state index >= 15 is 0 Å². The number of carbonyl (C=O) groups is 2. The van der Waals surface area contributed by atoms with Gasteiger partial charge < -0.3 is 8.85 Å². The Morgan fingerprint density at radius 1 is 0.475 bits per heavy atom. The Hall–Kier alpha value is -1.67. The predicted molar refractivity (Wildman–Crippen MR) is 175 cm³/mol. The van der Waals surface area contributed by atoms with E-state index in [4.69, 9.17) is 8.85 Å². The molecule has 40 heavy (non-hydrogen) atoms. The Bertz CT molecular complexity index is 837. The van der Waals surface area contributed by atoms with Crippen molar-refractivity contribution >= 4 is 28.2 Å². The molecular formula is C34H58O4Si2. The highest BCUT2D eigenvalue weighted by Gasteiger charge is 2.40. The van der Waals surface area contributed by atoms with Crippen molar-refractivity contribution in [1.82, 2.24) is 0 Å². The number of allylic oxidation sites excluding steroid dienone is 2. The van der Waals surface area contributed by atoms with Crippen molar-refractivity contribution in [2.24, 2.45) is 0 Å². The molecule has 0 amide bonds. The van der Waals surface area contributed by atoms with Crippen molar-refractivity contribution in [2.75, 3.05) is 0 Å². The van der Waals surface area contributed by atoms with Crippen LogP contribution in [-0.4, -0.2) is 28.2 Å². The van der Waals surface area contributed by atoms with Crippen LogP contribution in [0.1, 0.15) is 139 Å². The first-order valence-corrected chi connectivity index (χ1v) is 21.7. The molecule has 0 heterocycles. The Balaban J connectivity index is 2.62. The summed E-state index contributed by atoms with van der Waals surface area (Å²) in [6.07, 6.45) is 16.6. The molecule has 1 aromatic carbocycles. The third-order valence-electron chi connectivity index (χ3n) is 8.58. The molecule has 1 aromatic rings. The SMILES string of the molecule is CCCC[Si](CCCC)(CCCC)Oc1ccc(O[Si](CCCC)(CCCC)CCCC)c2c1C(=O)C=CC2=O. The van der Waals surface area contributed by atoms with Crippen LogP contribution in [0.5, 0.6) is 11.5 Å². The molecule has 0 unspecified atom stereocenters. The Morgan fingerprint density at radius 3 is 0.950 bits per heavy atom. The predicted octanol–water partition coefficient (Wildman–Crippen LogP) is 11.1. The number of rotatable bonds is 22. The van der Waals surface area contributed by atoms with E-state index in [9.17, 15) is 9.59 Å².